The molecule has 0 amide bonds. The van der Waals surface area contributed by atoms with Crippen LogP contribution in [0, 0.1) is 0 Å². The molecule has 1 aromatic heterocycles. The van der Waals surface area contributed by atoms with Crippen molar-refractivity contribution in [1.82, 2.24) is 9.55 Å². The summed E-state index contributed by atoms with van der Waals surface area (Å²) in [6, 6.07) is 5.48. The summed E-state index contributed by atoms with van der Waals surface area (Å²) in [6.07, 6.45) is 8.75. The fourth-order valence-corrected chi connectivity index (χ4v) is 3.02. The summed E-state index contributed by atoms with van der Waals surface area (Å²) < 4.78 is 2.00. The molecule has 108 valence electrons. The zero-order valence-electron chi connectivity index (χ0n) is 11.4. The Bertz CT molecular complexity index is 719. The van der Waals surface area contributed by atoms with Crippen molar-refractivity contribution in [2.45, 2.75) is 25.7 Å². The number of nitrogens with zero attached hydrogens (tertiary/aromatic N) is 2. The molecule has 0 aliphatic heterocycles. The monoisotopic (exact) mass is 302 g/mol. The van der Waals surface area contributed by atoms with Crippen molar-refractivity contribution in [2.75, 3.05) is 0 Å². The molecule has 0 saturated heterocycles. The first kappa shape index (κ1) is 13.9. The van der Waals surface area contributed by atoms with E-state index >= 15 is 0 Å². The van der Waals surface area contributed by atoms with Gasteiger partial charge in [-0.15, -0.1) is 0 Å². The van der Waals surface area contributed by atoms with Gasteiger partial charge in [-0.1, -0.05) is 23.7 Å². The largest absolute Gasteiger partial charge is 0.478 e. The number of carboxylic acids is 1. The van der Waals surface area contributed by atoms with Crippen LogP contribution >= 0.6 is 11.6 Å². The molecule has 1 aliphatic carbocycles. The maximum Gasteiger partial charge on any atom is 0.328 e. The van der Waals surface area contributed by atoms with E-state index < -0.39 is 5.97 Å². The van der Waals surface area contributed by atoms with Gasteiger partial charge in [-0.3, -0.25) is 0 Å². The van der Waals surface area contributed by atoms with E-state index in [1.165, 1.54) is 5.69 Å². The minimum absolute atomic E-state index is 0.591. The molecular weight excluding hydrogens is 288 g/mol. The van der Waals surface area contributed by atoms with E-state index in [-0.39, 0.29) is 0 Å². The van der Waals surface area contributed by atoms with Gasteiger partial charge in [-0.2, -0.15) is 0 Å². The van der Waals surface area contributed by atoms with Crippen LogP contribution in [-0.2, 0) is 17.6 Å². The number of carbonyl (C=O) groups is 1. The third-order valence-electron chi connectivity index (χ3n) is 3.69. The fraction of sp³-hybridized carbons (Fsp3) is 0.250. The summed E-state index contributed by atoms with van der Waals surface area (Å²) >= 11 is 6.35. The Morgan fingerprint density at radius 2 is 2.14 bits per heavy atom. The first-order chi connectivity index (χ1) is 10.2. The standard InChI is InChI=1S/C16H15ClN2O2/c17-12-5-3-4-11(8-9-15(20)21)16(12)19-10-18-13-6-1-2-7-14(13)19/h3-5,8-10H,1-2,6-7H2,(H,20,21)/b9-8+. The lowest BCUT2D eigenvalue weighted by Gasteiger charge is -2.16. The molecule has 4 nitrogen and oxygen atoms in total. The van der Waals surface area contributed by atoms with Crippen LogP contribution in [0.3, 0.4) is 0 Å². The molecule has 3 rings (SSSR count). The van der Waals surface area contributed by atoms with Crippen LogP contribution in [0.5, 0.6) is 0 Å². The Labute approximate surface area is 127 Å². The summed E-state index contributed by atoms with van der Waals surface area (Å²) in [7, 11) is 0. The number of hydrogen-bond donors (Lipinski definition) is 1. The number of para-hydroxylation sites is 1. The van der Waals surface area contributed by atoms with E-state index in [4.69, 9.17) is 16.7 Å². The molecule has 0 saturated carbocycles. The molecular formula is C16H15ClN2O2. The van der Waals surface area contributed by atoms with Crippen LogP contribution in [0.1, 0.15) is 29.8 Å². The summed E-state index contributed by atoms with van der Waals surface area (Å²) in [5, 5.41) is 9.41. The molecule has 0 fully saturated rings. The van der Waals surface area contributed by atoms with Crippen LogP contribution < -0.4 is 0 Å². The number of aliphatic carboxylic acids is 1. The lowest BCUT2D eigenvalue weighted by Crippen LogP contribution is -2.08. The SMILES string of the molecule is O=C(O)/C=C/c1cccc(Cl)c1-n1cnc2c1CCCC2. The van der Waals surface area contributed by atoms with Gasteiger partial charge in [0.05, 0.1) is 22.7 Å². The van der Waals surface area contributed by atoms with Gasteiger partial charge in [-0.25, -0.2) is 9.78 Å². The normalized spacial score (nSPS) is 14.3. The Morgan fingerprint density at radius 3 is 2.95 bits per heavy atom. The van der Waals surface area contributed by atoms with Gasteiger partial charge < -0.3 is 9.67 Å². The second-order valence-corrected chi connectivity index (χ2v) is 5.47. The molecule has 0 spiro atoms. The van der Waals surface area contributed by atoms with E-state index in [1.54, 1.807) is 12.4 Å². The predicted molar refractivity (Wildman–Crippen MR) is 81.9 cm³/mol. The summed E-state index contributed by atoms with van der Waals surface area (Å²) in [6.45, 7) is 0. The fourth-order valence-electron chi connectivity index (χ4n) is 2.74. The minimum Gasteiger partial charge on any atom is -0.478 e. The average Bonchev–Trinajstić information content (AvgIpc) is 2.89. The van der Waals surface area contributed by atoms with Gasteiger partial charge in [0, 0.05) is 17.3 Å². The molecule has 1 heterocycles. The smallest absolute Gasteiger partial charge is 0.328 e. The molecule has 1 aromatic carbocycles. The number of aromatic nitrogens is 2. The average molecular weight is 303 g/mol. The van der Waals surface area contributed by atoms with Crippen LogP contribution in [0.4, 0.5) is 0 Å². The lowest BCUT2D eigenvalue weighted by molar-refractivity contribution is -0.131. The molecule has 21 heavy (non-hydrogen) atoms. The number of hydrogen-bond acceptors (Lipinski definition) is 2. The first-order valence-corrected chi connectivity index (χ1v) is 7.29. The van der Waals surface area contributed by atoms with E-state index in [9.17, 15) is 4.79 Å². The minimum atomic E-state index is -0.978. The van der Waals surface area contributed by atoms with E-state index in [0.717, 1.165) is 48.7 Å². The molecule has 0 unspecified atom stereocenters. The zero-order valence-corrected chi connectivity index (χ0v) is 12.2. The topological polar surface area (TPSA) is 55.1 Å². The number of imidazole rings is 1. The molecule has 1 N–H and O–H groups in total. The molecule has 1 aliphatic rings. The second-order valence-electron chi connectivity index (χ2n) is 5.06. The summed E-state index contributed by atoms with van der Waals surface area (Å²) in [5.74, 6) is -0.978. The van der Waals surface area contributed by atoms with Crippen LogP contribution in [-0.4, -0.2) is 20.6 Å². The second kappa shape index (κ2) is 5.74. The third-order valence-corrected chi connectivity index (χ3v) is 4.00. The van der Waals surface area contributed by atoms with Crippen molar-refractivity contribution in [2.24, 2.45) is 0 Å². The third kappa shape index (κ3) is 2.72. The number of carboxylic acid groups (broad SMARTS) is 1. The van der Waals surface area contributed by atoms with Crippen molar-refractivity contribution in [3.05, 3.63) is 52.6 Å². The summed E-state index contributed by atoms with van der Waals surface area (Å²) in [4.78, 5) is 15.2. The molecule has 0 atom stereocenters. The van der Waals surface area contributed by atoms with E-state index in [0.29, 0.717) is 5.02 Å². The molecule has 0 bridgehead atoms. The Morgan fingerprint density at radius 1 is 1.33 bits per heavy atom. The zero-order chi connectivity index (χ0) is 14.8. The van der Waals surface area contributed by atoms with Crippen molar-refractivity contribution < 1.29 is 9.90 Å². The van der Waals surface area contributed by atoms with Gasteiger partial charge in [-0.05, 0) is 37.8 Å². The highest BCUT2D eigenvalue weighted by atomic mass is 35.5. The van der Waals surface area contributed by atoms with Gasteiger partial charge in [0.1, 0.15) is 0 Å². The number of fused-ring (bicyclic) bond motifs is 1. The number of halogens is 1. The Balaban J connectivity index is 2.13. The summed E-state index contributed by atoms with van der Waals surface area (Å²) in [5.41, 5.74) is 3.87. The molecule has 5 heteroatoms. The quantitative estimate of drug-likeness (QED) is 0.883. The highest BCUT2D eigenvalue weighted by molar-refractivity contribution is 6.32. The maximum absolute atomic E-state index is 10.7. The predicted octanol–water partition coefficient (Wildman–Crippen LogP) is 3.50. The highest BCUT2D eigenvalue weighted by Crippen LogP contribution is 2.30. The Hall–Kier alpha value is -2.07. The molecule has 2 aromatic rings. The van der Waals surface area contributed by atoms with Crippen LogP contribution in [0.15, 0.2) is 30.6 Å². The Kier molecular flexibility index (Phi) is 3.80. The van der Waals surface area contributed by atoms with Gasteiger partial charge in [0.2, 0.25) is 0 Å². The van der Waals surface area contributed by atoms with Gasteiger partial charge in [0.25, 0.3) is 0 Å². The number of rotatable bonds is 3. The molecule has 0 radical (unpaired) electrons. The van der Waals surface area contributed by atoms with Crippen LogP contribution in [0.25, 0.3) is 11.8 Å². The first-order valence-electron chi connectivity index (χ1n) is 6.92. The van der Waals surface area contributed by atoms with Gasteiger partial charge in [0.15, 0.2) is 0 Å². The maximum atomic E-state index is 10.7. The van der Waals surface area contributed by atoms with Crippen molar-refractivity contribution in [3.63, 3.8) is 0 Å². The van der Waals surface area contributed by atoms with Crippen molar-refractivity contribution in [1.29, 1.82) is 0 Å². The van der Waals surface area contributed by atoms with E-state index in [2.05, 4.69) is 4.98 Å². The van der Waals surface area contributed by atoms with E-state index in [1.807, 2.05) is 22.8 Å². The van der Waals surface area contributed by atoms with Gasteiger partial charge >= 0.3 is 5.97 Å². The number of benzene rings is 1. The van der Waals surface area contributed by atoms with Crippen molar-refractivity contribution >= 4 is 23.6 Å². The highest BCUT2D eigenvalue weighted by Gasteiger charge is 2.18. The lowest BCUT2D eigenvalue weighted by atomic mass is 10.0. The van der Waals surface area contributed by atoms with Crippen molar-refractivity contribution in [3.8, 4) is 5.69 Å². The van der Waals surface area contributed by atoms with Crippen LogP contribution in [0.2, 0.25) is 5.02 Å². The number of aryl methyl sites for hydroxylation is 1.